The lowest BCUT2D eigenvalue weighted by atomic mass is 10.1. The van der Waals surface area contributed by atoms with Crippen molar-refractivity contribution in [3.8, 4) is 11.5 Å². The third-order valence-electron chi connectivity index (χ3n) is 5.96. The Morgan fingerprint density at radius 1 is 1.00 bits per heavy atom. The van der Waals surface area contributed by atoms with E-state index in [4.69, 9.17) is 21.1 Å². The number of nitrogens with one attached hydrogen (secondary N) is 1. The Bertz CT molecular complexity index is 1570. The molecule has 0 unspecified atom stereocenters. The van der Waals surface area contributed by atoms with Gasteiger partial charge in [0.2, 0.25) is 0 Å². The summed E-state index contributed by atoms with van der Waals surface area (Å²) in [5.74, 6) is 0.922. The smallest absolute Gasteiger partial charge is 0.186 e. The Kier molecular flexibility index (Phi) is 6.91. The van der Waals surface area contributed by atoms with E-state index < -0.39 is 5.82 Å². The number of anilines is 1. The Hall–Kier alpha value is -4.18. The lowest BCUT2D eigenvalue weighted by Crippen LogP contribution is -2.06. The minimum absolute atomic E-state index is 0.119. The predicted molar refractivity (Wildman–Crippen MR) is 139 cm³/mol. The van der Waals surface area contributed by atoms with E-state index in [1.54, 1.807) is 17.9 Å². The zero-order valence-corrected chi connectivity index (χ0v) is 21.3. The molecule has 5 rings (SSSR count). The predicted octanol–water partition coefficient (Wildman–Crippen LogP) is 4.85. The molecule has 5 aromatic rings. The number of fused-ring (bicyclic) bond motifs is 1. The van der Waals surface area contributed by atoms with Crippen LogP contribution in [0, 0.1) is 12.7 Å². The lowest BCUT2D eigenvalue weighted by molar-refractivity contribution is 0.384. The van der Waals surface area contributed by atoms with Gasteiger partial charge in [-0.25, -0.2) is 14.4 Å². The average Bonchev–Trinajstić information content (AvgIpc) is 3.50. The summed E-state index contributed by atoms with van der Waals surface area (Å²) in [6, 6.07) is 9.17. The maximum Gasteiger partial charge on any atom is 0.186 e. The minimum Gasteiger partial charge on any atom is -0.496 e. The molecule has 11 heteroatoms. The molecule has 0 radical (unpaired) electrons. The number of aromatic nitrogens is 6. The van der Waals surface area contributed by atoms with Gasteiger partial charge >= 0.3 is 0 Å². The van der Waals surface area contributed by atoms with Gasteiger partial charge in [0, 0.05) is 35.1 Å². The van der Waals surface area contributed by atoms with Gasteiger partial charge < -0.3 is 14.8 Å². The van der Waals surface area contributed by atoms with E-state index >= 15 is 0 Å². The molecule has 0 saturated heterocycles. The number of methoxy groups -OCH3 is 2. The molecule has 37 heavy (non-hydrogen) atoms. The number of ether oxygens (including phenoxy) is 2. The number of hydrogen-bond acceptors (Lipinski definition) is 7. The molecular weight excluding hydrogens is 497 g/mol. The van der Waals surface area contributed by atoms with Gasteiger partial charge in [-0.15, -0.1) is 0 Å². The number of benzene rings is 2. The molecule has 0 amide bonds. The van der Waals surface area contributed by atoms with Crippen molar-refractivity contribution < 1.29 is 13.9 Å². The van der Waals surface area contributed by atoms with Crippen LogP contribution in [0.4, 0.5) is 10.2 Å². The molecule has 3 heterocycles. The molecule has 9 nitrogen and oxygen atoms in total. The monoisotopic (exact) mass is 521 g/mol. The zero-order chi connectivity index (χ0) is 25.9. The summed E-state index contributed by atoms with van der Waals surface area (Å²) in [5.41, 5.74) is 3.96. The van der Waals surface area contributed by atoms with Crippen LogP contribution in [0.5, 0.6) is 11.5 Å². The molecule has 190 valence electrons. The van der Waals surface area contributed by atoms with Gasteiger partial charge in [0.1, 0.15) is 17.9 Å². The van der Waals surface area contributed by atoms with Crippen molar-refractivity contribution in [3.63, 3.8) is 0 Å². The lowest BCUT2D eigenvalue weighted by Gasteiger charge is -2.11. The van der Waals surface area contributed by atoms with Crippen LogP contribution in [0.25, 0.3) is 11.0 Å². The van der Waals surface area contributed by atoms with Crippen LogP contribution in [0.3, 0.4) is 0 Å². The van der Waals surface area contributed by atoms with Gasteiger partial charge in [-0.05, 0) is 36.2 Å². The number of rotatable bonds is 9. The Balaban J connectivity index is 1.35. The Morgan fingerprint density at radius 2 is 1.84 bits per heavy atom. The molecule has 2 aromatic carbocycles. The van der Waals surface area contributed by atoms with E-state index in [0.717, 1.165) is 22.4 Å². The molecule has 0 saturated carbocycles. The molecule has 0 fully saturated rings. The average molecular weight is 522 g/mol. The highest BCUT2D eigenvalue weighted by molar-refractivity contribution is 6.31. The van der Waals surface area contributed by atoms with Gasteiger partial charge in [-0.1, -0.05) is 23.7 Å². The van der Waals surface area contributed by atoms with Gasteiger partial charge in [-0.3, -0.25) is 9.36 Å². The molecule has 1 N–H and O–H groups in total. The van der Waals surface area contributed by atoms with Gasteiger partial charge in [0.05, 0.1) is 38.9 Å². The molecule has 0 bridgehead atoms. The number of nitrogens with zero attached hydrogens (tertiary/aromatic N) is 6. The normalized spacial score (nSPS) is 11.2. The van der Waals surface area contributed by atoms with E-state index in [2.05, 4.69) is 25.5 Å². The fraction of sp³-hybridized carbons (Fsp3) is 0.231. The van der Waals surface area contributed by atoms with E-state index in [9.17, 15) is 4.39 Å². The standard InChI is InChI=1S/C26H25ClFN7O2/c1-16-9-32-34(11-16)13-18-5-4-17(8-23(18)37-3)12-35-14-20-25(30-15-31-26(20)33-35)29-10-19-21(27)6-7-22(36-2)24(19)28/h4-9,11,14-15H,10,12-13H2,1-3H3,(H,29,30,31,33). The molecular formula is C26H25ClFN7O2. The van der Waals surface area contributed by atoms with Gasteiger partial charge in [0.15, 0.2) is 17.2 Å². The molecule has 0 aliphatic rings. The minimum atomic E-state index is -0.511. The summed E-state index contributed by atoms with van der Waals surface area (Å²) in [7, 11) is 3.07. The summed E-state index contributed by atoms with van der Waals surface area (Å²) < 4.78 is 29.1. The Labute approximate surface area is 217 Å². The molecule has 3 aromatic heterocycles. The third kappa shape index (κ3) is 5.19. The maximum absolute atomic E-state index is 14.7. The van der Waals surface area contributed by atoms with E-state index in [1.165, 1.54) is 19.5 Å². The van der Waals surface area contributed by atoms with Crippen LogP contribution < -0.4 is 14.8 Å². The quantitative estimate of drug-likeness (QED) is 0.296. The van der Waals surface area contributed by atoms with Crippen LogP contribution in [0.2, 0.25) is 5.02 Å². The van der Waals surface area contributed by atoms with Crippen LogP contribution in [-0.4, -0.2) is 43.7 Å². The highest BCUT2D eigenvalue weighted by Crippen LogP contribution is 2.29. The van der Waals surface area contributed by atoms with Gasteiger partial charge in [0.25, 0.3) is 0 Å². The van der Waals surface area contributed by atoms with E-state index in [-0.39, 0.29) is 17.9 Å². The second-order valence-corrected chi connectivity index (χ2v) is 8.95. The molecule has 0 spiro atoms. The summed E-state index contributed by atoms with van der Waals surface area (Å²) in [6.45, 7) is 3.25. The highest BCUT2D eigenvalue weighted by Gasteiger charge is 2.15. The fourth-order valence-corrected chi connectivity index (χ4v) is 4.32. The van der Waals surface area contributed by atoms with Crippen molar-refractivity contribution in [1.29, 1.82) is 0 Å². The van der Waals surface area contributed by atoms with Crippen LogP contribution in [-0.2, 0) is 19.6 Å². The first-order chi connectivity index (χ1) is 17.9. The van der Waals surface area contributed by atoms with Crippen LogP contribution in [0.1, 0.15) is 22.3 Å². The summed E-state index contributed by atoms with van der Waals surface area (Å²) in [6.07, 6.45) is 7.09. The van der Waals surface area contributed by atoms with Crippen molar-refractivity contribution in [3.05, 3.63) is 88.3 Å². The number of hydrogen-bond donors (Lipinski definition) is 1. The molecule has 0 aliphatic heterocycles. The van der Waals surface area contributed by atoms with Crippen LogP contribution in [0.15, 0.2) is 55.2 Å². The summed E-state index contributed by atoms with van der Waals surface area (Å²) in [4.78, 5) is 8.60. The SMILES string of the molecule is COc1cc(Cn2cc3c(NCc4c(Cl)ccc(OC)c4F)ncnc3n2)ccc1Cn1cc(C)cn1. The fourth-order valence-electron chi connectivity index (χ4n) is 4.11. The van der Waals surface area contributed by atoms with E-state index in [0.29, 0.717) is 35.0 Å². The number of aryl methyl sites for hydroxylation is 1. The third-order valence-corrected chi connectivity index (χ3v) is 6.31. The first kappa shape index (κ1) is 24.5. The second-order valence-electron chi connectivity index (χ2n) is 8.54. The molecule has 0 atom stereocenters. The highest BCUT2D eigenvalue weighted by atomic mass is 35.5. The van der Waals surface area contributed by atoms with Crippen molar-refractivity contribution in [2.24, 2.45) is 0 Å². The van der Waals surface area contributed by atoms with Crippen molar-refractivity contribution in [2.45, 2.75) is 26.6 Å². The van der Waals surface area contributed by atoms with Crippen LogP contribution >= 0.6 is 11.6 Å². The van der Waals surface area contributed by atoms with E-state index in [1.807, 2.05) is 48.4 Å². The first-order valence-corrected chi connectivity index (χ1v) is 11.9. The zero-order valence-electron chi connectivity index (χ0n) is 20.6. The topological polar surface area (TPSA) is 91.9 Å². The van der Waals surface area contributed by atoms with Gasteiger partial charge in [-0.2, -0.15) is 10.2 Å². The maximum atomic E-state index is 14.7. The largest absolute Gasteiger partial charge is 0.496 e. The first-order valence-electron chi connectivity index (χ1n) is 11.5. The van der Waals surface area contributed by atoms with Crippen molar-refractivity contribution in [2.75, 3.05) is 19.5 Å². The molecule has 0 aliphatic carbocycles. The van der Waals surface area contributed by atoms with Crippen molar-refractivity contribution >= 4 is 28.5 Å². The van der Waals surface area contributed by atoms with Crippen molar-refractivity contribution in [1.82, 2.24) is 29.5 Å². The summed E-state index contributed by atoms with van der Waals surface area (Å²) in [5, 5.41) is 13.1. The summed E-state index contributed by atoms with van der Waals surface area (Å²) >= 11 is 6.22. The number of halogens is 2. The second kappa shape index (κ2) is 10.4. The Morgan fingerprint density at radius 3 is 2.59 bits per heavy atom.